The highest BCUT2D eigenvalue weighted by atomic mass is 35.5. The molecule has 3 heterocycles. The van der Waals surface area contributed by atoms with Crippen molar-refractivity contribution >= 4 is 17.5 Å². The first kappa shape index (κ1) is 16.5. The predicted octanol–water partition coefficient (Wildman–Crippen LogP) is 3.20. The number of carbonyl (C=O) groups is 1. The van der Waals surface area contributed by atoms with Crippen LogP contribution in [0.5, 0.6) is 0 Å². The van der Waals surface area contributed by atoms with Crippen LogP contribution in [0.25, 0.3) is 11.6 Å². The molecule has 0 spiro atoms. The van der Waals surface area contributed by atoms with Crippen LogP contribution in [-0.2, 0) is 20.0 Å². The van der Waals surface area contributed by atoms with E-state index in [9.17, 15) is 4.79 Å². The average Bonchev–Trinajstić information content (AvgIpc) is 3.33. The topological polar surface area (TPSA) is 77.1 Å². The van der Waals surface area contributed by atoms with Crippen LogP contribution in [0.3, 0.4) is 0 Å². The van der Waals surface area contributed by atoms with Gasteiger partial charge in [-0.2, -0.15) is 10.1 Å². The monoisotopic (exact) mass is 383 g/mol. The van der Waals surface area contributed by atoms with Gasteiger partial charge in [-0.25, -0.2) is 0 Å². The number of benzene rings is 1. The van der Waals surface area contributed by atoms with Crippen molar-refractivity contribution in [2.45, 2.75) is 31.7 Å². The zero-order chi connectivity index (χ0) is 18.5. The van der Waals surface area contributed by atoms with Gasteiger partial charge in [0.25, 0.3) is 11.8 Å². The van der Waals surface area contributed by atoms with E-state index in [0.717, 1.165) is 36.3 Å². The Hall–Kier alpha value is -2.67. The van der Waals surface area contributed by atoms with E-state index >= 15 is 0 Å². The van der Waals surface area contributed by atoms with Crippen LogP contribution >= 0.6 is 11.6 Å². The summed E-state index contributed by atoms with van der Waals surface area (Å²) in [5.74, 6) is 1.52. The fourth-order valence-electron chi connectivity index (χ4n) is 3.58. The predicted molar refractivity (Wildman–Crippen MR) is 98.4 cm³/mol. The number of hydrogen-bond donors (Lipinski definition) is 0. The lowest BCUT2D eigenvalue weighted by Gasteiger charge is -2.27. The van der Waals surface area contributed by atoms with Crippen molar-refractivity contribution in [2.75, 3.05) is 6.54 Å². The Morgan fingerprint density at radius 3 is 2.89 bits per heavy atom. The number of aromatic nitrogens is 4. The summed E-state index contributed by atoms with van der Waals surface area (Å²) in [4.78, 5) is 19.3. The molecule has 138 valence electrons. The summed E-state index contributed by atoms with van der Waals surface area (Å²) in [7, 11) is 1.91. The van der Waals surface area contributed by atoms with Crippen molar-refractivity contribution in [1.29, 1.82) is 0 Å². The maximum absolute atomic E-state index is 12.9. The Morgan fingerprint density at radius 1 is 1.30 bits per heavy atom. The highest BCUT2D eigenvalue weighted by Crippen LogP contribution is 2.39. The van der Waals surface area contributed by atoms with Gasteiger partial charge in [0, 0.05) is 37.2 Å². The minimum atomic E-state index is -0.0785. The molecule has 0 bridgehead atoms. The second-order valence-electron chi connectivity index (χ2n) is 7.09. The molecule has 5 rings (SSSR count). The van der Waals surface area contributed by atoms with E-state index in [-0.39, 0.29) is 5.91 Å². The standard InChI is InChI=1S/C19H18ClN5O2/c1-24-15-8-9-25(19(26)12-4-2-3-5-14(12)20)10-13(15)16(22-24)18-21-17(23-27-18)11-6-7-11/h2-5,11H,6-10H2,1H3. The van der Waals surface area contributed by atoms with Crippen molar-refractivity contribution in [1.82, 2.24) is 24.8 Å². The molecule has 1 amide bonds. The lowest BCUT2D eigenvalue weighted by molar-refractivity contribution is 0.0734. The summed E-state index contributed by atoms with van der Waals surface area (Å²) in [6.45, 7) is 1.07. The van der Waals surface area contributed by atoms with Crippen molar-refractivity contribution in [3.63, 3.8) is 0 Å². The highest BCUT2D eigenvalue weighted by Gasteiger charge is 2.33. The van der Waals surface area contributed by atoms with E-state index in [1.165, 1.54) is 0 Å². The van der Waals surface area contributed by atoms with Gasteiger partial charge < -0.3 is 9.42 Å². The molecule has 0 saturated heterocycles. The van der Waals surface area contributed by atoms with Crippen LogP contribution < -0.4 is 0 Å². The number of hydrogen-bond acceptors (Lipinski definition) is 5. The van der Waals surface area contributed by atoms with E-state index in [4.69, 9.17) is 16.1 Å². The van der Waals surface area contributed by atoms with Crippen molar-refractivity contribution < 1.29 is 9.32 Å². The number of nitrogens with zero attached hydrogens (tertiary/aromatic N) is 5. The first-order valence-corrected chi connectivity index (χ1v) is 9.42. The van der Waals surface area contributed by atoms with Gasteiger partial charge in [0.15, 0.2) is 11.5 Å². The van der Waals surface area contributed by atoms with Crippen LogP contribution in [0, 0.1) is 0 Å². The third-order valence-corrected chi connectivity index (χ3v) is 5.55. The van der Waals surface area contributed by atoms with Crippen molar-refractivity contribution in [3.8, 4) is 11.6 Å². The second-order valence-corrected chi connectivity index (χ2v) is 7.49. The van der Waals surface area contributed by atoms with Gasteiger partial charge in [-0.3, -0.25) is 9.48 Å². The minimum Gasteiger partial charge on any atom is -0.334 e. The quantitative estimate of drug-likeness (QED) is 0.694. The van der Waals surface area contributed by atoms with E-state index < -0.39 is 0 Å². The molecular weight excluding hydrogens is 366 g/mol. The smallest absolute Gasteiger partial charge is 0.278 e. The van der Waals surface area contributed by atoms with Crippen LogP contribution in [0.4, 0.5) is 0 Å². The molecule has 1 aliphatic heterocycles. The maximum atomic E-state index is 12.9. The third kappa shape index (κ3) is 2.82. The van der Waals surface area contributed by atoms with Crippen LogP contribution in [0.15, 0.2) is 28.8 Å². The van der Waals surface area contributed by atoms with Crippen molar-refractivity contribution in [3.05, 3.63) is 51.9 Å². The molecule has 1 saturated carbocycles. The minimum absolute atomic E-state index is 0.0785. The Morgan fingerprint density at radius 2 is 2.11 bits per heavy atom. The highest BCUT2D eigenvalue weighted by molar-refractivity contribution is 6.33. The van der Waals surface area contributed by atoms with Crippen molar-refractivity contribution in [2.24, 2.45) is 7.05 Å². The van der Waals surface area contributed by atoms with Gasteiger partial charge >= 0.3 is 0 Å². The van der Waals surface area contributed by atoms with Gasteiger partial charge in [-0.05, 0) is 25.0 Å². The zero-order valence-corrected chi connectivity index (χ0v) is 15.6. The van der Waals surface area contributed by atoms with Gasteiger partial charge in [0.05, 0.1) is 17.1 Å². The van der Waals surface area contributed by atoms with Crippen LogP contribution in [0.1, 0.15) is 46.2 Å². The summed E-state index contributed by atoms with van der Waals surface area (Å²) in [5.41, 5.74) is 3.25. The van der Waals surface area contributed by atoms with Gasteiger partial charge in [-0.15, -0.1) is 0 Å². The first-order valence-electron chi connectivity index (χ1n) is 9.04. The maximum Gasteiger partial charge on any atom is 0.278 e. The number of fused-ring (bicyclic) bond motifs is 1. The Balaban J connectivity index is 1.47. The molecule has 0 atom stereocenters. The normalized spacial score (nSPS) is 16.4. The lowest BCUT2D eigenvalue weighted by Crippen LogP contribution is -2.36. The lowest BCUT2D eigenvalue weighted by atomic mass is 10.0. The molecule has 1 aliphatic carbocycles. The van der Waals surface area contributed by atoms with E-state index in [1.807, 2.05) is 23.9 Å². The third-order valence-electron chi connectivity index (χ3n) is 5.22. The number of aryl methyl sites for hydroxylation is 1. The summed E-state index contributed by atoms with van der Waals surface area (Å²) in [5, 5.41) is 9.15. The number of carbonyl (C=O) groups excluding carboxylic acids is 1. The fourth-order valence-corrected chi connectivity index (χ4v) is 3.80. The average molecular weight is 384 g/mol. The molecule has 8 heteroatoms. The summed E-state index contributed by atoms with van der Waals surface area (Å²) in [6.07, 6.45) is 2.94. The molecule has 0 unspecified atom stereocenters. The van der Waals surface area contributed by atoms with E-state index in [1.54, 1.807) is 17.0 Å². The molecule has 1 aromatic carbocycles. The van der Waals surface area contributed by atoms with Crippen LogP contribution in [0.2, 0.25) is 5.02 Å². The molecule has 0 radical (unpaired) electrons. The molecule has 2 aromatic heterocycles. The fraction of sp³-hybridized carbons (Fsp3) is 0.368. The molecule has 0 N–H and O–H groups in total. The molecule has 1 fully saturated rings. The largest absolute Gasteiger partial charge is 0.334 e. The SMILES string of the molecule is Cn1nc(-c2nc(C3CC3)no2)c2c1CCN(C(=O)c1ccccc1Cl)C2. The van der Waals surface area contributed by atoms with Gasteiger partial charge in [0.1, 0.15) is 0 Å². The zero-order valence-electron chi connectivity index (χ0n) is 14.9. The van der Waals surface area contributed by atoms with E-state index in [0.29, 0.717) is 41.2 Å². The van der Waals surface area contributed by atoms with Gasteiger partial charge in [0.2, 0.25) is 0 Å². The van der Waals surface area contributed by atoms with Crippen LogP contribution in [-0.4, -0.2) is 37.3 Å². The molecule has 3 aromatic rings. The summed E-state index contributed by atoms with van der Waals surface area (Å²) >= 11 is 6.21. The second kappa shape index (κ2) is 6.20. The first-order chi connectivity index (χ1) is 13.1. The van der Waals surface area contributed by atoms with E-state index in [2.05, 4.69) is 15.2 Å². The summed E-state index contributed by atoms with van der Waals surface area (Å²) < 4.78 is 7.32. The molecular formula is C19H18ClN5O2. The Kier molecular flexibility index (Phi) is 3.79. The summed E-state index contributed by atoms with van der Waals surface area (Å²) in [6, 6.07) is 7.13. The Bertz CT molecular complexity index is 1040. The molecule has 2 aliphatic rings. The van der Waals surface area contributed by atoms with Gasteiger partial charge in [-0.1, -0.05) is 28.9 Å². The number of rotatable bonds is 3. The number of amides is 1. The number of halogens is 1. The molecule has 27 heavy (non-hydrogen) atoms. The Labute approximate surface area is 160 Å². The molecule has 7 nitrogen and oxygen atoms in total.